The van der Waals surface area contributed by atoms with Gasteiger partial charge in [-0.25, -0.2) is 0 Å². The number of ether oxygens (including phenoxy) is 2. The average molecular weight is 278 g/mol. The van der Waals surface area contributed by atoms with Crippen LogP contribution in [0.4, 0.5) is 0 Å². The lowest BCUT2D eigenvalue weighted by molar-refractivity contribution is 0.0693. The van der Waals surface area contributed by atoms with E-state index in [9.17, 15) is 4.79 Å². The van der Waals surface area contributed by atoms with Crippen LogP contribution >= 0.6 is 0 Å². The fourth-order valence-electron chi connectivity index (χ4n) is 2.52. The lowest BCUT2D eigenvalue weighted by Gasteiger charge is -2.31. The maximum atomic E-state index is 12.5. The van der Waals surface area contributed by atoms with Gasteiger partial charge in [-0.3, -0.25) is 4.79 Å². The highest BCUT2D eigenvalue weighted by atomic mass is 16.5. The summed E-state index contributed by atoms with van der Waals surface area (Å²) >= 11 is 0. The van der Waals surface area contributed by atoms with E-state index in [0.717, 1.165) is 25.9 Å². The van der Waals surface area contributed by atoms with Crippen LogP contribution in [0, 0.1) is 5.92 Å². The van der Waals surface area contributed by atoms with Gasteiger partial charge in [0.15, 0.2) is 11.5 Å². The van der Waals surface area contributed by atoms with Crippen LogP contribution in [-0.2, 0) is 0 Å². The molecule has 1 aliphatic heterocycles. The zero-order chi connectivity index (χ0) is 14.5. The molecule has 1 aliphatic rings. The van der Waals surface area contributed by atoms with Crippen LogP contribution in [0.5, 0.6) is 11.5 Å². The van der Waals surface area contributed by atoms with Crippen molar-refractivity contribution in [2.45, 2.75) is 12.8 Å². The zero-order valence-electron chi connectivity index (χ0n) is 12.1. The summed E-state index contributed by atoms with van der Waals surface area (Å²) in [4.78, 5) is 14.3. The number of rotatable bonds is 4. The lowest BCUT2D eigenvalue weighted by atomic mass is 9.96. The molecule has 1 fully saturated rings. The molecule has 1 aromatic carbocycles. The highest BCUT2D eigenvalue weighted by molar-refractivity contribution is 5.95. The number of carbonyl (C=O) groups is 1. The first-order valence-electron chi connectivity index (χ1n) is 6.91. The maximum Gasteiger partial charge on any atom is 0.253 e. The largest absolute Gasteiger partial charge is 0.493 e. The van der Waals surface area contributed by atoms with Crippen LogP contribution in [0.1, 0.15) is 23.2 Å². The summed E-state index contributed by atoms with van der Waals surface area (Å²) in [6, 6.07) is 5.27. The fourth-order valence-corrected chi connectivity index (χ4v) is 2.52. The molecule has 2 N–H and O–H groups in total. The van der Waals surface area contributed by atoms with Crippen molar-refractivity contribution in [1.82, 2.24) is 4.90 Å². The zero-order valence-corrected chi connectivity index (χ0v) is 12.1. The summed E-state index contributed by atoms with van der Waals surface area (Å²) in [7, 11) is 3.15. The molecule has 110 valence electrons. The third-order valence-corrected chi connectivity index (χ3v) is 3.87. The minimum absolute atomic E-state index is 0.0430. The van der Waals surface area contributed by atoms with Crippen LogP contribution in [0.2, 0.25) is 0 Å². The van der Waals surface area contributed by atoms with E-state index in [2.05, 4.69) is 0 Å². The van der Waals surface area contributed by atoms with Gasteiger partial charge < -0.3 is 20.1 Å². The van der Waals surface area contributed by atoms with Crippen LogP contribution in [0.15, 0.2) is 18.2 Å². The van der Waals surface area contributed by atoms with Crippen LogP contribution in [-0.4, -0.2) is 44.7 Å². The average Bonchev–Trinajstić information content (AvgIpc) is 2.53. The third-order valence-electron chi connectivity index (χ3n) is 3.87. The molecule has 1 heterocycles. The molecule has 1 aromatic rings. The number of carbonyl (C=O) groups excluding carboxylic acids is 1. The smallest absolute Gasteiger partial charge is 0.253 e. The Morgan fingerprint density at radius 2 is 1.90 bits per heavy atom. The molecule has 0 spiro atoms. The molecule has 0 bridgehead atoms. The van der Waals surface area contributed by atoms with Gasteiger partial charge in [0, 0.05) is 18.7 Å². The van der Waals surface area contributed by atoms with Gasteiger partial charge in [0.25, 0.3) is 5.91 Å². The lowest BCUT2D eigenvalue weighted by Crippen LogP contribution is -2.40. The van der Waals surface area contributed by atoms with Crippen LogP contribution < -0.4 is 15.2 Å². The standard InChI is InChI=1S/C15H22N2O3/c1-19-13-4-3-12(9-14(13)20-2)15(18)17-7-5-11(10-16)6-8-17/h3-4,9,11H,5-8,10,16H2,1-2H3. The number of hydrogen-bond acceptors (Lipinski definition) is 4. The first-order valence-corrected chi connectivity index (χ1v) is 6.91. The van der Waals surface area contributed by atoms with E-state index in [1.54, 1.807) is 32.4 Å². The number of hydrogen-bond donors (Lipinski definition) is 1. The minimum Gasteiger partial charge on any atom is -0.493 e. The van der Waals surface area contributed by atoms with Gasteiger partial charge in [-0.1, -0.05) is 0 Å². The molecule has 20 heavy (non-hydrogen) atoms. The van der Waals surface area contributed by atoms with Crippen molar-refractivity contribution < 1.29 is 14.3 Å². The Morgan fingerprint density at radius 1 is 1.25 bits per heavy atom. The number of likely N-dealkylation sites (tertiary alicyclic amines) is 1. The molecular formula is C15H22N2O3. The Hall–Kier alpha value is -1.75. The summed E-state index contributed by atoms with van der Waals surface area (Å²) in [5, 5.41) is 0. The Morgan fingerprint density at radius 3 is 2.45 bits per heavy atom. The molecule has 1 amide bonds. The first-order chi connectivity index (χ1) is 9.69. The summed E-state index contributed by atoms with van der Waals surface area (Å²) in [6.07, 6.45) is 1.96. The second-order valence-corrected chi connectivity index (χ2v) is 5.04. The van der Waals surface area contributed by atoms with E-state index in [1.165, 1.54) is 0 Å². The second kappa shape index (κ2) is 6.61. The normalized spacial score (nSPS) is 16.1. The number of nitrogens with zero attached hydrogens (tertiary/aromatic N) is 1. The van der Waals surface area contributed by atoms with E-state index in [1.807, 2.05) is 4.90 Å². The van der Waals surface area contributed by atoms with Gasteiger partial charge in [-0.2, -0.15) is 0 Å². The van der Waals surface area contributed by atoms with Gasteiger partial charge in [-0.05, 0) is 43.5 Å². The monoisotopic (exact) mass is 278 g/mol. The molecule has 0 unspecified atom stereocenters. The van der Waals surface area contributed by atoms with E-state index < -0.39 is 0 Å². The summed E-state index contributed by atoms with van der Waals surface area (Å²) in [6.45, 7) is 2.25. The molecule has 1 saturated heterocycles. The molecule has 0 aromatic heterocycles. The maximum absolute atomic E-state index is 12.5. The van der Waals surface area contributed by atoms with Gasteiger partial charge in [-0.15, -0.1) is 0 Å². The molecule has 0 radical (unpaired) electrons. The van der Waals surface area contributed by atoms with Crippen molar-refractivity contribution in [2.24, 2.45) is 11.7 Å². The van der Waals surface area contributed by atoms with Gasteiger partial charge in [0.05, 0.1) is 14.2 Å². The van der Waals surface area contributed by atoms with E-state index >= 15 is 0 Å². The molecule has 0 aliphatic carbocycles. The molecule has 2 rings (SSSR count). The van der Waals surface area contributed by atoms with Crippen LogP contribution in [0.25, 0.3) is 0 Å². The summed E-state index contributed by atoms with van der Waals surface area (Å²) in [5.74, 6) is 1.80. The number of benzene rings is 1. The number of nitrogens with two attached hydrogens (primary N) is 1. The molecule has 0 atom stereocenters. The molecule has 5 heteroatoms. The van der Waals surface area contributed by atoms with Crippen molar-refractivity contribution in [1.29, 1.82) is 0 Å². The van der Waals surface area contributed by atoms with E-state index in [4.69, 9.17) is 15.2 Å². The van der Waals surface area contributed by atoms with Crippen molar-refractivity contribution in [2.75, 3.05) is 33.9 Å². The number of piperidine rings is 1. The highest BCUT2D eigenvalue weighted by Crippen LogP contribution is 2.28. The van der Waals surface area contributed by atoms with Crippen molar-refractivity contribution in [3.05, 3.63) is 23.8 Å². The molecule has 0 saturated carbocycles. The van der Waals surface area contributed by atoms with Crippen LogP contribution in [0.3, 0.4) is 0 Å². The third kappa shape index (κ3) is 3.04. The fraction of sp³-hybridized carbons (Fsp3) is 0.533. The summed E-state index contributed by atoms with van der Waals surface area (Å²) < 4.78 is 10.4. The van der Waals surface area contributed by atoms with Crippen molar-refractivity contribution in [3.8, 4) is 11.5 Å². The topological polar surface area (TPSA) is 64.8 Å². The van der Waals surface area contributed by atoms with E-state index in [0.29, 0.717) is 29.5 Å². The van der Waals surface area contributed by atoms with Gasteiger partial charge in [0.2, 0.25) is 0 Å². The van der Waals surface area contributed by atoms with E-state index in [-0.39, 0.29) is 5.91 Å². The summed E-state index contributed by atoms with van der Waals surface area (Å²) in [5.41, 5.74) is 6.31. The van der Waals surface area contributed by atoms with Crippen molar-refractivity contribution >= 4 is 5.91 Å². The molecular weight excluding hydrogens is 256 g/mol. The first kappa shape index (κ1) is 14.7. The SMILES string of the molecule is COc1ccc(C(=O)N2CCC(CN)CC2)cc1OC. The minimum atomic E-state index is 0.0430. The Kier molecular flexibility index (Phi) is 4.84. The van der Waals surface area contributed by atoms with Gasteiger partial charge in [0.1, 0.15) is 0 Å². The van der Waals surface area contributed by atoms with Crippen molar-refractivity contribution in [3.63, 3.8) is 0 Å². The molecule has 5 nitrogen and oxygen atoms in total. The highest BCUT2D eigenvalue weighted by Gasteiger charge is 2.23. The Bertz CT molecular complexity index is 468. The van der Waals surface area contributed by atoms with Gasteiger partial charge >= 0.3 is 0 Å². The predicted molar refractivity (Wildman–Crippen MR) is 77.2 cm³/mol. The predicted octanol–water partition coefficient (Wildman–Crippen LogP) is 1.51. The Labute approximate surface area is 119 Å². The quantitative estimate of drug-likeness (QED) is 0.907. The Balaban J connectivity index is 2.09. The number of methoxy groups -OCH3 is 2. The second-order valence-electron chi connectivity index (χ2n) is 5.04. The number of amides is 1.